The minimum atomic E-state index is -0.729. The maximum absolute atomic E-state index is 12.4. The van der Waals surface area contributed by atoms with E-state index in [0.29, 0.717) is 11.3 Å². The molecule has 3 aromatic rings. The number of aromatic nitrogens is 2. The zero-order chi connectivity index (χ0) is 16.6. The number of amides is 1. The first-order valence-electron chi connectivity index (χ1n) is 7.41. The molecule has 5 nitrogen and oxygen atoms in total. The lowest BCUT2D eigenvalue weighted by Crippen LogP contribution is -2.29. The van der Waals surface area contributed by atoms with Crippen LogP contribution in [-0.2, 0) is 7.05 Å². The topological polar surface area (TPSA) is 67.2 Å². The number of carbonyl (C=O) groups is 1. The molecule has 0 unspecified atom stereocenters. The summed E-state index contributed by atoms with van der Waals surface area (Å²) >= 11 is 1.60. The fourth-order valence-corrected chi connectivity index (χ4v) is 3.75. The minimum absolute atomic E-state index is 0.174. The summed E-state index contributed by atoms with van der Waals surface area (Å²) in [6.07, 6.45) is -0.729. The van der Waals surface area contributed by atoms with Gasteiger partial charge in [0.25, 0.3) is 5.91 Å². The Bertz CT molecular complexity index is 866. The number of aryl methyl sites for hydroxylation is 2. The maximum atomic E-state index is 12.4. The van der Waals surface area contributed by atoms with Crippen molar-refractivity contribution in [3.8, 4) is 0 Å². The molecule has 1 amide bonds. The van der Waals surface area contributed by atoms with E-state index in [1.54, 1.807) is 16.0 Å². The molecule has 0 saturated heterocycles. The van der Waals surface area contributed by atoms with E-state index in [0.717, 1.165) is 21.3 Å². The van der Waals surface area contributed by atoms with Gasteiger partial charge in [0.05, 0.1) is 17.4 Å². The first-order valence-corrected chi connectivity index (χ1v) is 8.29. The van der Waals surface area contributed by atoms with Gasteiger partial charge in [-0.2, -0.15) is 5.10 Å². The molecule has 2 N–H and O–H groups in total. The van der Waals surface area contributed by atoms with Gasteiger partial charge in [-0.1, -0.05) is 18.2 Å². The molecule has 0 aliphatic rings. The van der Waals surface area contributed by atoms with Crippen molar-refractivity contribution in [2.24, 2.45) is 7.05 Å². The summed E-state index contributed by atoms with van der Waals surface area (Å²) in [6.45, 7) is 3.84. The van der Waals surface area contributed by atoms with Crippen LogP contribution in [0.5, 0.6) is 0 Å². The highest BCUT2D eigenvalue weighted by Crippen LogP contribution is 2.29. The number of hydrogen-bond acceptors (Lipinski definition) is 4. The molecule has 0 fully saturated rings. The highest BCUT2D eigenvalue weighted by atomic mass is 32.1. The number of hydrogen-bond donors (Lipinski definition) is 2. The predicted molar refractivity (Wildman–Crippen MR) is 91.8 cm³/mol. The highest BCUT2D eigenvalue weighted by molar-refractivity contribution is 7.17. The van der Waals surface area contributed by atoms with Crippen LogP contribution in [-0.4, -0.2) is 27.3 Å². The van der Waals surface area contributed by atoms with Crippen molar-refractivity contribution in [1.82, 2.24) is 15.1 Å². The van der Waals surface area contributed by atoms with Crippen molar-refractivity contribution >= 4 is 27.3 Å². The first kappa shape index (κ1) is 15.7. The summed E-state index contributed by atoms with van der Waals surface area (Å²) in [7, 11) is 1.81. The van der Waals surface area contributed by atoms with Crippen LogP contribution >= 0.6 is 11.3 Å². The van der Waals surface area contributed by atoms with Crippen LogP contribution < -0.4 is 5.32 Å². The summed E-state index contributed by atoms with van der Waals surface area (Å²) in [5, 5.41) is 20.5. The van der Waals surface area contributed by atoms with E-state index >= 15 is 0 Å². The van der Waals surface area contributed by atoms with Crippen LogP contribution in [0.25, 0.3) is 10.1 Å². The first-order chi connectivity index (χ1) is 11.0. The van der Waals surface area contributed by atoms with E-state index in [2.05, 4.69) is 10.4 Å². The molecule has 0 aliphatic carbocycles. The zero-order valence-corrected chi connectivity index (χ0v) is 14.1. The van der Waals surface area contributed by atoms with E-state index in [1.807, 2.05) is 50.5 Å². The molecule has 0 aliphatic heterocycles. The Kier molecular flexibility index (Phi) is 4.19. The van der Waals surface area contributed by atoms with Gasteiger partial charge in [0.1, 0.15) is 0 Å². The predicted octanol–water partition coefficient (Wildman–Crippen LogP) is 2.72. The summed E-state index contributed by atoms with van der Waals surface area (Å²) in [6, 6.07) is 7.94. The normalized spacial score (nSPS) is 12.5. The van der Waals surface area contributed by atoms with Crippen LogP contribution in [0.4, 0.5) is 0 Å². The molecule has 120 valence electrons. The standard InChI is InChI=1S/C17H19N3O2S/c1-10-16(11(2)20(3)19-10)17(22)18-8-14(21)13-9-23-15-7-5-4-6-12(13)15/h4-7,9,14,21H,8H2,1-3H3,(H,18,22)/t14-/m0/s1. The fraction of sp³-hybridized carbons (Fsp3) is 0.294. The van der Waals surface area contributed by atoms with Gasteiger partial charge in [0.15, 0.2) is 0 Å². The Morgan fingerprint density at radius 3 is 2.83 bits per heavy atom. The second kappa shape index (κ2) is 6.14. The maximum Gasteiger partial charge on any atom is 0.255 e. The number of rotatable bonds is 4. The molecule has 1 atom stereocenters. The van der Waals surface area contributed by atoms with Crippen molar-refractivity contribution in [2.45, 2.75) is 20.0 Å². The number of carbonyl (C=O) groups excluding carboxylic acids is 1. The summed E-state index contributed by atoms with van der Waals surface area (Å²) < 4.78 is 2.82. The van der Waals surface area contributed by atoms with Crippen molar-refractivity contribution in [3.05, 3.63) is 52.2 Å². The fourth-order valence-electron chi connectivity index (χ4n) is 2.75. The number of thiophene rings is 1. The van der Waals surface area contributed by atoms with Crippen LogP contribution in [0.2, 0.25) is 0 Å². The molecule has 23 heavy (non-hydrogen) atoms. The third-order valence-corrected chi connectivity index (χ3v) is 5.04. The van der Waals surface area contributed by atoms with E-state index in [9.17, 15) is 9.90 Å². The summed E-state index contributed by atoms with van der Waals surface area (Å²) in [5.74, 6) is -0.202. The van der Waals surface area contributed by atoms with Gasteiger partial charge in [-0.25, -0.2) is 0 Å². The third kappa shape index (κ3) is 2.87. The number of benzene rings is 1. The quantitative estimate of drug-likeness (QED) is 0.773. The molecule has 6 heteroatoms. The molecule has 2 heterocycles. The Morgan fingerprint density at radius 1 is 1.39 bits per heavy atom. The van der Waals surface area contributed by atoms with Gasteiger partial charge in [-0.15, -0.1) is 11.3 Å². The molecular weight excluding hydrogens is 310 g/mol. The van der Waals surface area contributed by atoms with Crippen LogP contribution in [0, 0.1) is 13.8 Å². The lowest BCUT2D eigenvalue weighted by atomic mass is 10.1. The Labute approximate surface area is 138 Å². The summed E-state index contributed by atoms with van der Waals surface area (Å²) in [4.78, 5) is 12.4. The van der Waals surface area contributed by atoms with Crippen molar-refractivity contribution in [3.63, 3.8) is 0 Å². The number of fused-ring (bicyclic) bond motifs is 1. The second-order valence-corrected chi connectivity index (χ2v) is 6.49. The van der Waals surface area contributed by atoms with E-state index in [4.69, 9.17) is 0 Å². The second-order valence-electron chi connectivity index (χ2n) is 5.58. The Morgan fingerprint density at radius 2 is 2.13 bits per heavy atom. The monoisotopic (exact) mass is 329 g/mol. The molecule has 0 radical (unpaired) electrons. The number of nitrogens with one attached hydrogen (secondary N) is 1. The van der Waals surface area contributed by atoms with Crippen LogP contribution in [0.15, 0.2) is 29.6 Å². The average Bonchev–Trinajstić information content (AvgIpc) is 3.06. The van der Waals surface area contributed by atoms with E-state index in [-0.39, 0.29) is 12.5 Å². The number of aliphatic hydroxyl groups excluding tert-OH is 1. The molecule has 0 spiro atoms. The zero-order valence-electron chi connectivity index (χ0n) is 13.3. The van der Waals surface area contributed by atoms with Gasteiger partial charge in [-0.05, 0) is 30.7 Å². The molecule has 0 bridgehead atoms. The molecule has 2 aromatic heterocycles. The molecule has 0 saturated carbocycles. The van der Waals surface area contributed by atoms with Gasteiger partial charge in [0.2, 0.25) is 0 Å². The largest absolute Gasteiger partial charge is 0.387 e. The van der Waals surface area contributed by atoms with Crippen LogP contribution in [0.3, 0.4) is 0 Å². The summed E-state index contributed by atoms with van der Waals surface area (Å²) in [5.41, 5.74) is 2.94. The lowest BCUT2D eigenvalue weighted by Gasteiger charge is -2.12. The third-order valence-electron chi connectivity index (χ3n) is 4.06. The van der Waals surface area contributed by atoms with E-state index < -0.39 is 6.10 Å². The molecule has 1 aromatic carbocycles. The van der Waals surface area contributed by atoms with Crippen molar-refractivity contribution in [2.75, 3.05) is 6.54 Å². The Balaban J connectivity index is 1.74. The lowest BCUT2D eigenvalue weighted by molar-refractivity contribution is 0.0916. The smallest absolute Gasteiger partial charge is 0.255 e. The minimum Gasteiger partial charge on any atom is -0.387 e. The van der Waals surface area contributed by atoms with Gasteiger partial charge >= 0.3 is 0 Å². The van der Waals surface area contributed by atoms with Crippen molar-refractivity contribution < 1.29 is 9.90 Å². The SMILES string of the molecule is Cc1nn(C)c(C)c1C(=O)NC[C@H](O)c1csc2ccccc12. The van der Waals surface area contributed by atoms with E-state index in [1.165, 1.54) is 0 Å². The highest BCUT2D eigenvalue weighted by Gasteiger charge is 2.19. The molecule has 3 rings (SSSR count). The van der Waals surface area contributed by atoms with Crippen molar-refractivity contribution in [1.29, 1.82) is 0 Å². The average molecular weight is 329 g/mol. The Hall–Kier alpha value is -2.18. The van der Waals surface area contributed by atoms with Gasteiger partial charge in [0, 0.05) is 29.5 Å². The number of nitrogens with zero attached hydrogens (tertiary/aromatic N) is 2. The van der Waals surface area contributed by atoms with Crippen LogP contribution in [0.1, 0.15) is 33.4 Å². The molecular formula is C17H19N3O2S. The van der Waals surface area contributed by atoms with Gasteiger partial charge < -0.3 is 10.4 Å². The number of aliphatic hydroxyl groups is 1. The van der Waals surface area contributed by atoms with Gasteiger partial charge in [-0.3, -0.25) is 9.48 Å².